The second-order valence-corrected chi connectivity index (χ2v) is 5.73. The number of carbonyl (C=O) groups is 1. The first kappa shape index (κ1) is 19.0. The van der Waals surface area contributed by atoms with E-state index in [0.29, 0.717) is 13.1 Å². The number of rotatable bonds is 12. The molecule has 5 N–H and O–H groups in total. The Balaban J connectivity index is 2.02. The van der Waals surface area contributed by atoms with Gasteiger partial charge in [0.15, 0.2) is 5.96 Å². The molecule has 1 atom stereocenters. The van der Waals surface area contributed by atoms with Crippen LogP contribution in [0.2, 0.25) is 0 Å². The molecule has 0 saturated heterocycles. The Bertz CT molecular complexity index is 473. The first-order chi connectivity index (χ1) is 11.1. The van der Waals surface area contributed by atoms with Gasteiger partial charge in [0, 0.05) is 13.1 Å². The van der Waals surface area contributed by atoms with Gasteiger partial charge >= 0.3 is 0 Å². The third kappa shape index (κ3) is 9.55. The summed E-state index contributed by atoms with van der Waals surface area (Å²) in [6.45, 7) is 3.55. The Morgan fingerprint density at radius 1 is 1.26 bits per heavy atom. The zero-order valence-corrected chi connectivity index (χ0v) is 14.1. The summed E-state index contributed by atoms with van der Waals surface area (Å²) in [5.41, 5.74) is 11.6. The molecule has 0 aromatic carbocycles. The lowest BCUT2D eigenvalue weighted by atomic mass is 10.2. The number of hydrogen-bond donors (Lipinski definition) is 3. The molecule has 1 aliphatic rings. The normalized spacial score (nSPS) is 16.6. The van der Waals surface area contributed by atoms with Crippen molar-refractivity contribution in [3.63, 3.8) is 0 Å². The van der Waals surface area contributed by atoms with Crippen molar-refractivity contribution in [3.05, 3.63) is 36.0 Å². The van der Waals surface area contributed by atoms with E-state index in [-0.39, 0.29) is 17.8 Å². The Morgan fingerprint density at radius 2 is 2.09 bits per heavy atom. The van der Waals surface area contributed by atoms with E-state index < -0.39 is 0 Å². The predicted octanol–water partition coefficient (Wildman–Crippen LogP) is 2.41. The van der Waals surface area contributed by atoms with Crippen molar-refractivity contribution < 1.29 is 4.79 Å². The van der Waals surface area contributed by atoms with E-state index in [1.807, 2.05) is 18.2 Å². The van der Waals surface area contributed by atoms with E-state index >= 15 is 0 Å². The lowest BCUT2D eigenvalue weighted by Crippen LogP contribution is -2.26. The number of aliphatic imine (C=N–C) groups is 1. The average Bonchev–Trinajstić information content (AvgIpc) is 3.29. The number of guanidine groups is 1. The summed E-state index contributed by atoms with van der Waals surface area (Å²) in [4.78, 5) is 15.8. The molecule has 0 heterocycles. The number of amides is 1. The fourth-order valence-electron chi connectivity index (χ4n) is 2.14. The largest absolute Gasteiger partial charge is 0.370 e. The molecule has 23 heavy (non-hydrogen) atoms. The lowest BCUT2D eigenvalue weighted by molar-refractivity contribution is -0.121. The highest BCUT2D eigenvalue weighted by Crippen LogP contribution is 2.29. The summed E-state index contributed by atoms with van der Waals surface area (Å²) < 4.78 is 0. The van der Waals surface area contributed by atoms with Gasteiger partial charge in [-0.05, 0) is 31.3 Å². The highest BCUT2D eigenvalue weighted by Gasteiger charge is 2.29. The number of nitrogens with zero attached hydrogens (tertiary/aromatic N) is 1. The summed E-state index contributed by atoms with van der Waals surface area (Å²) in [5.74, 6) is 0.208. The predicted molar refractivity (Wildman–Crippen MR) is 96.9 cm³/mol. The molecule has 0 aromatic rings. The van der Waals surface area contributed by atoms with Crippen molar-refractivity contribution in [3.8, 4) is 0 Å². The number of unbranched alkanes of at least 4 members (excludes halogenated alkanes) is 4. The van der Waals surface area contributed by atoms with Crippen LogP contribution in [-0.2, 0) is 4.79 Å². The summed E-state index contributed by atoms with van der Waals surface area (Å²) in [6, 6.07) is 0. The van der Waals surface area contributed by atoms with Gasteiger partial charge in [-0.25, -0.2) is 0 Å². The quantitative estimate of drug-likeness (QED) is 0.223. The van der Waals surface area contributed by atoms with E-state index in [2.05, 4.69) is 29.4 Å². The first-order valence-corrected chi connectivity index (χ1v) is 8.53. The summed E-state index contributed by atoms with van der Waals surface area (Å²) in [5, 5.41) is 2.96. The number of hydrogen-bond acceptors (Lipinski definition) is 2. The maximum absolute atomic E-state index is 11.9. The van der Waals surface area contributed by atoms with E-state index in [0.717, 1.165) is 31.3 Å². The van der Waals surface area contributed by atoms with Gasteiger partial charge in [-0.2, -0.15) is 0 Å². The van der Waals surface area contributed by atoms with Crippen LogP contribution in [0.5, 0.6) is 0 Å². The Morgan fingerprint density at radius 3 is 2.83 bits per heavy atom. The van der Waals surface area contributed by atoms with E-state index in [1.165, 1.54) is 12.8 Å². The maximum atomic E-state index is 11.9. The summed E-state index contributed by atoms with van der Waals surface area (Å²) in [7, 11) is 0. The molecular weight excluding hydrogens is 288 g/mol. The van der Waals surface area contributed by atoms with Crippen LogP contribution in [0, 0.1) is 5.92 Å². The van der Waals surface area contributed by atoms with Crippen molar-refractivity contribution in [1.82, 2.24) is 5.32 Å². The molecule has 5 heteroatoms. The van der Waals surface area contributed by atoms with Crippen molar-refractivity contribution in [1.29, 1.82) is 0 Å². The Hall–Kier alpha value is -2.04. The van der Waals surface area contributed by atoms with Crippen LogP contribution in [0.4, 0.5) is 0 Å². The second-order valence-electron chi connectivity index (χ2n) is 5.73. The summed E-state index contributed by atoms with van der Waals surface area (Å²) >= 11 is 0. The summed E-state index contributed by atoms with van der Waals surface area (Å²) in [6.07, 6.45) is 16.7. The van der Waals surface area contributed by atoms with E-state index in [9.17, 15) is 4.79 Å². The average molecular weight is 318 g/mol. The fraction of sp³-hybridized carbons (Fsp3) is 0.556. The van der Waals surface area contributed by atoms with Crippen LogP contribution in [0.3, 0.4) is 0 Å². The third-order valence-corrected chi connectivity index (χ3v) is 3.58. The molecule has 0 aliphatic heterocycles. The van der Waals surface area contributed by atoms with Crippen LogP contribution in [-0.4, -0.2) is 25.0 Å². The smallest absolute Gasteiger partial charge is 0.231 e. The van der Waals surface area contributed by atoms with Gasteiger partial charge in [0.2, 0.25) is 5.91 Å². The van der Waals surface area contributed by atoms with Crippen molar-refractivity contribution >= 4 is 11.9 Å². The van der Waals surface area contributed by atoms with Crippen LogP contribution in [0.25, 0.3) is 0 Å². The minimum atomic E-state index is -0.0306. The third-order valence-electron chi connectivity index (χ3n) is 3.58. The zero-order valence-electron chi connectivity index (χ0n) is 14.1. The van der Waals surface area contributed by atoms with E-state index in [4.69, 9.17) is 11.5 Å². The maximum Gasteiger partial charge on any atom is 0.231 e. The number of nitrogens with one attached hydrogen (secondary N) is 1. The van der Waals surface area contributed by atoms with Gasteiger partial charge in [0.1, 0.15) is 0 Å². The monoisotopic (exact) mass is 318 g/mol. The van der Waals surface area contributed by atoms with Crippen LogP contribution in [0.1, 0.15) is 45.4 Å². The first-order valence-electron chi connectivity index (χ1n) is 8.53. The topological polar surface area (TPSA) is 93.5 Å². The molecule has 0 fully saturated rings. The van der Waals surface area contributed by atoms with Gasteiger partial charge in [-0.1, -0.05) is 50.1 Å². The molecular formula is C18H30N4O. The lowest BCUT2D eigenvalue weighted by Gasteiger charge is -2.04. The molecule has 0 unspecified atom stereocenters. The van der Waals surface area contributed by atoms with Crippen LogP contribution >= 0.6 is 0 Å². The minimum absolute atomic E-state index is 0.0306. The van der Waals surface area contributed by atoms with Crippen LogP contribution in [0.15, 0.2) is 40.9 Å². The van der Waals surface area contributed by atoms with Gasteiger partial charge in [0.05, 0.1) is 5.92 Å². The molecule has 1 aliphatic carbocycles. The van der Waals surface area contributed by atoms with Gasteiger partial charge in [-0.15, -0.1) is 0 Å². The fourth-order valence-corrected chi connectivity index (χ4v) is 2.14. The molecule has 0 radical (unpaired) electrons. The Labute approximate surface area is 139 Å². The van der Waals surface area contributed by atoms with Crippen LogP contribution < -0.4 is 16.8 Å². The van der Waals surface area contributed by atoms with Crippen molar-refractivity contribution in [2.75, 3.05) is 13.1 Å². The number of allylic oxidation sites excluding steroid dienone is 4. The SMILES string of the molecule is CCCC/C=C/C=C/C1=C[C@@H]1C(=O)NCCCCCN=C(N)N. The van der Waals surface area contributed by atoms with Crippen molar-refractivity contribution in [2.45, 2.75) is 45.4 Å². The molecule has 0 spiro atoms. The van der Waals surface area contributed by atoms with E-state index in [1.54, 1.807) is 0 Å². The molecule has 5 nitrogen and oxygen atoms in total. The molecule has 1 amide bonds. The minimum Gasteiger partial charge on any atom is -0.370 e. The molecule has 0 saturated carbocycles. The van der Waals surface area contributed by atoms with Gasteiger partial charge < -0.3 is 16.8 Å². The highest BCUT2D eigenvalue weighted by atomic mass is 16.1. The Kier molecular flexibility index (Phi) is 9.52. The number of nitrogens with two attached hydrogens (primary N) is 2. The standard InChI is InChI=1S/C18H30N4O/c1-2-3-4-5-6-8-11-15-14-16(15)17(23)21-12-9-7-10-13-22-18(19)20/h5-6,8,11,14,16H,2-4,7,9-10,12-13H2,1H3,(H,21,23)(H4,19,20,22)/b6-5+,11-8+/t16-/m0/s1. The van der Waals surface area contributed by atoms with Gasteiger partial charge in [0.25, 0.3) is 0 Å². The highest BCUT2D eigenvalue weighted by molar-refractivity contribution is 5.89. The second kappa shape index (κ2) is 11.5. The zero-order chi connectivity index (χ0) is 16.9. The molecule has 0 bridgehead atoms. The number of carbonyl (C=O) groups excluding carboxylic acids is 1. The molecule has 0 aromatic heterocycles. The molecule has 128 valence electrons. The molecule has 1 rings (SSSR count). The van der Waals surface area contributed by atoms with Crippen molar-refractivity contribution in [2.24, 2.45) is 22.4 Å². The van der Waals surface area contributed by atoms with Gasteiger partial charge in [-0.3, -0.25) is 9.79 Å².